The molecule has 1 aliphatic heterocycles. The van der Waals surface area contributed by atoms with Gasteiger partial charge in [0.1, 0.15) is 0 Å². The topological polar surface area (TPSA) is 82.3 Å². The first kappa shape index (κ1) is 20.9. The maximum Gasteiger partial charge on any atom is 0.255 e. The number of piperidine rings is 1. The lowest BCUT2D eigenvalue weighted by Gasteiger charge is -2.26. The van der Waals surface area contributed by atoms with Gasteiger partial charge in [0.2, 0.25) is 10.0 Å². The van der Waals surface area contributed by atoms with Crippen molar-refractivity contribution in [3.8, 4) is 0 Å². The summed E-state index contributed by atoms with van der Waals surface area (Å²) in [6.07, 6.45) is 2.76. The highest BCUT2D eigenvalue weighted by Gasteiger charge is 2.26. The average molecular weight is 446 g/mol. The average Bonchev–Trinajstić information content (AvgIpc) is 3.03. The molecule has 0 radical (unpaired) electrons. The number of amides is 1. The van der Waals surface area contributed by atoms with Gasteiger partial charge < -0.3 is 10.3 Å². The van der Waals surface area contributed by atoms with Gasteiger partial charge in [0.15, 0.2) is 0 Å². The number of H-pyrrole nitrogens is 1. The summed E-state index contributed by atoms with van der Waals surface area (Å²) in [6.45, 7) is 5.02. The number of aromatic nitrogens is 1. The van der Waals surface area contributed by atoms with Gasteiger partial charge in [-0.3, -0.25) is 4.79 Å². The summed E-state index contributed by atoms with van der Waals surface area (Å²) in [4.78, 5) is 16.3. The van der Waals surface area contributed by atoms with Gasteiger partial charge in [0.05, 0.1) is 15.6 Å². The Morgan fingerprint density at radius 1 is 1.07 bits per heavy atom. The lowest BCUT2D eigenvalue weighted by Crippen LogP contribution is -2.35. The van der Waals surface area contributed by atoms with E-state index in [-0.39, 0.29) is 21.5 Å². The number of anilines is 1. The van der Waals surface area contributed by atoms with Gasteiger partial charge in [-0.05, 0) is 68.7 Å². The first-order chi connectivity index (χ1) is 14.3. The fraction of sp³-hybridized carbons (Fsp3) is 0.318. The second-order valence-electron chi connectivity index (χ2n) is 7.70. The Hall–Kier alpha value is -2.35. The summed E-state index contributed by atoms with van der Waals surface area (Å²) in [5.74, 6) is -0.343. The van der Waals surface area contributed by atoms with E-state index in [9.17, 15) is 13.2 Å². The summed E-state index contributed by atoms with van der Waals surface area (Å²) in [6, 6.07) is 9.86. The molecule has 0 atom stereocenters. The van der Waals surface area contributed by atoms with Crippen molar-refractivity contribution < 1.29 is 13.2 Å². The van der Waals surface area contributed by atoms with Crippen molar-refractivity contribution in [2.45, 2.75) is 38.0 Å². The van der Waals surface area contributed by atoms with E-state index in [0.717, 1.165) is 41.4 Å². The first-order valence-electron chi connectivity index (χ1n) is 9.97. The molecule has 1 saturated heterocycles. The molecule has 3 aromatic rings. The van der Waals surface area contributed by atoms with Gasteiger partial charge in [-0.1, -0.05) is 18.0 Å². The monoisotopic (exact) mass is 445 g/mol. The Labute approximate surface area is 181 Å². The summed E-state index contributed by atoms with van der Waals surface area (Å²) >= 11 is 6.26. The predicted octanol–water partition coefficient (Wildman–Crippen LogP) is 4.87. The number of halogens is 1. The van der Waals surface area contributed by atoms with Gasteiger partial charge in [0, 0.05) is 35.2 Å². The van der Waals surface area contributed by atoms with Crippen LogP contribution in [-0.4, -0.2) is 36.7 Å². The fourth-order valence-corrected chi connectivity index (χ4v) is 5.52. The third-order valence-electron chi connectivity index (χ3n) is 5.71. The fourth-order valence-electron chi connectivity index (χ4n) is 3.81. The van der Waals surface area contributed by atoms with Crippen LogP contribution in [0.4, 0.5) is 5.69 Å². The maximum atomic E-state index is 13.0. The van der Waals surface area contributed by atoms with E-state index in [1.807, 2.05) is 26.0 Å². The molecule has 0 bridgehead atoms. The van der Waals surface area contributed by atoms with E-state index in [0.29, 0.717) is 18.7 Å². The predicted molar refractivity (Wildman–Crippen MR) is 120 cm³/mol. The molecule has 8 heteroatoms. The lowest BCUT2D eigenvalue weighted by atomic mass is 10.1. The second-order valence-corrected chi connectivity index (χ2v) is 10.0. The van der Waals surface area contributed by atoms with Crippen LogP contribution in [0, 0.1) is 13.8 Å². The van der Waals surface area contributed by atoms with E-state index in [1.165, 1.54) is 22.5 Å². The van der Waals surface area contributed by atoms with Gasteiger partial charge in [-0.15, -0.1) is 0 Å². The van der Waals surface area contributed by atoms with Gasteiger partial charge >= 0.3 is 0 Å². The SMILES string of the molecule is Cc1[nH]c2ccc(C(=O)Nc3cc(S(=O)(=O)N4CCCCC4)ccc3Cl)cc2c1C. The molecule has 1 aromatic heterocycles. The molecule has 0 aliphatic carbocycles. The van der Waals surface area contributed by atoms with Crippen LogP contribution in [0.3, 0.4) is 0 Å². The molecule has 0 saturated carbocycles. The number of carbonyl (C=O) groups is 1. The van der Waals surface area contributed by atoms with Crippen molar-refractivity contribution in [2.75, 3.05) is 18.4 Å². The first-order valence-corrected chi connectivity index (χ1v) is 11.8. The van der Waals surface area contributed by atoms with Crippen LogP contribution >= 0.6 is 11.6 Å². The third-order valence-corrected chi connectivity index (χ3v) is 7.93. The van der Waals surface area contributed by atoms with Crippen LogP contribution in [0.1, 0.15) is 40.9 Å². The Kier molecular flexibility index (Phi) is 5.61. The summed E-state index contributed by atoms with van der Waals surface area (Å²) in [7, 11) is -3.61. The summed E-state index contributed by atoms with van der Waals surface area (Å²) in [5, 5.41) is 4.04. The number of aromatic amines is 1. The molecule has 1 aliphatic rings. The number of sulfonamides is 1. The number of aryl methyl sites for hydroxylation is 2. The van der Waals surface area contributed by atoms with Crippen LogP contribution in [0.25, 0.3) is 10.9 Å². The van der Waals surface area contributed by atoms with Crippen LogP contribution in [-0.2, 0) is 10.0 Å². The van der Waals surface area contributed by atoms with E-state index < -0.39 is 10.0 Å². The number of hydrogen-bond acceptors (Lipinski definition) is 3. The Bertz CT molecular complexity index is 1230. The van der Waals surface area contributed by atoms with E-state index >= 15 is 0 Å². The minimum atomic E-state index is -3.61. The van der Waals surface area contributed by atoms with Crippen molar-refractivity contribution in [2.24, 2.45) is 0 Å². The number of nitrogens with zero attached hydrogens (tertiary/aromatic N) is 1. The van der Waals surface area contributed by atoms with E-state index in [2.05, 4.69) is 10.3 Å². The quantitative estimate of drug-likeness (QED) is 0.601. The number of hydrogen-bond donors (Lipinski definition) is 2. The number of nitrogens with one attached hydrogen (secondary N) is 2. The van der Waals surface area contributed by atoms with Crippen LogP contribution in [0.15, 0.2) is 41.3 Å². The zero-order chi connectivity index (χ0) is 21.5. The summed E-state index contributed by atoms with van der Waals surface area (Å²) < 4.78 is 27.4. The standard InChI is InChI=1S/C22H24ClN3O3S/c1-14-15(2)24-20-9-6-16(12-18(14)20)22(27)25-21-13-17(7-8-19(21)23)30(28,29)26-10-4-3-5-11-26/h6-9,12-13,24H,3-5,10-11H2,1-2H3,(H,25,27). The Morgan fingerprint density at radius 2 is 1.80 bits per heavy atom. The highest BCUT2D eigenvalue weighted by atomic mass is 35.5. The zero-order valence-electron chi connectivity index (χ0n) is 17.0. The Morgan fingerprint density at radius 3 is 2.53 bits per heavy atom. The van der Waals surface area contributed by atoms with Gasteiger partial charge in [-0.25, -0.2) is 8.42 Å². The van der Waals surface area contributed by atoms with Crippen LogP contribution < -0.4 is 5.32 Å². The molecular weight excluding hydrogens is 422 g/mol. The summed E-state index contributed by atoms with van der Waals surface area (Å²) in [5.41, 5.74) is 3.87. The number of carbonyl (C=O) groups excluding carboxylic acids is 1. The largest absolute Gasteiger partial charge is 0.358 e. The van der Waals surface area contributed by atoms with Crippen molar-refractivity contribution in [3.63, 3.8) is 0 Å². The smallest absolute Gasteiger partial charge is 0.255 e. The highest BCUT2D eigenvalue weighted by molar-refractivity contribution is 7.89. The van der Waals surface area contributed by atoms with Gasteiger partial charge in [0.25, 0.3) is 5.91 Å². The molecule has 0 spiro atoms. The molecule has 2 N–H and O–H groups in total. The minimum Gasteiger partial charge on any atom is -0.358 e. The maximum absolute atomic E-state index is 13.0. The molecule has 158 valence electrons. The number of fused-ring (bicyclic) bond motifs is 1. The van der Waals surface area contributed by atoms with Crippen molar-refractivity contribution >= 4 is 44.1 Å². The molecule has 1 amide bonds. The third kappa shape index (κ3) is 3.85. The number of rotatable bonds is 4. The molecular formula is C22H24ClN3O3S. The van der Waals surface area contributed by atoms with Crippen molar-refractivity contribution in [3.05, 3.63) is 58.2 Å². The lowest BCUT2D eigenvalue weighted by molar-refractivity contribution is 0.102. The zero-order valence-corrected chi connectivity index (χ0v) is 18.5. The van der Waals surface area contributed by atoms with Crippen LogP contribution in [0.2, 0.25) is 5.02 Å². The molecule has 2 aromatic carbocycles. The molecule has 4 rings (SSSR count). The normalized spacial score (nSPS) is 15.4. The molecule has 1 fully saturated rings. The minimum absolute atomic E-state index is 0.136. The molecule has 0 unspecified atom stereocenters. The second kappa shape index (κ2) is 8.06. The van der Waals surface area contributed by atoms with Gasteiger partial charge in [-0.2, -0.15) is 4.31 Å². The molecule has 6 nitrogen and oxygen atoms in total. The molecule has 30 heavy (non-hydrogen) atoms. The molecule has 2 heterocycles. The van der Waals surface area contributed by atoms with Crippen LogP contribution in [0.5, 0.6) is 0 Å². The Balaban J connectivity index is 1.62. The van der Waals surface area contributed by atoms with E-state index in [4.69, 9.17) is 11.6 Å². The highest BCUT2D eigenvalue weighted by Crippen LogP contribution is 2.29. The van der Waals surface area contributed by atoms with E-state index in [1.54, 1.807) is 6.07 Å². The van der Waals surface area contributed by atoms with Crippen molar-refractivity contribution in [1.82, 2.24) is 9.29 Å². The van der Waals surface area contributed by atoms with Crippen molar-refractivity contribution in [1.29, 1.82) is 0 Å². The number of benzene rings is 2.